The summed E-state index contributed by atoms with van der Waals surface area (Å²) in [5.41, 5.74) is 0. The molecule has 0 atom stereocenters. The molecule has 6 heteroatoms. The lowest BCUT2D eigenvalue weighted by Gasteiger charge is -2.22. The van der Waals surface area contributed by atoms with Gasteiger partial charge < -0.3 is 9.47 Å². The Morgan fingerprint density at radius 2 is 2.05 bits per heavy atom. The molecule has 0 N–H and O–H groups in total. The molecule has 0 aliphatic carbocycles. The summed E-state index contributed by atoms with van der Waals surface area (Å²) in [5, 5.41) is 0. The minimum Gasteiger partial charge on any atom is -0.494 e. The molecule has 1 aromatic rings. The average molecular weight is 279 g/mol. The maximum atomic E-state index is 12.1. The standard InChI is InChI=1S/C14H21N3O3/c1-17(14-15-9-12(19-2)10-16-14)13(18)4-3-11-5-7-20-8-6-11/h9-11H,3-8H2,1-2H3. The summed E-state index contributed by atoms with van der Waals surface area (Å²) in [4.78, 5) is 21.9. The fraction of sp³-hybridized carbons (Fsp3) is 0.643. The van der Waals surface area contributed by atoms with Crippen molar-refractivity contribution in [1.82, 2.24) is 9.97 Å². The molecule has 0 unspecified atom stereocenters. The Hall–Kier alpha value is -1.69. The topological polar surface area (TPSA) is 64.5 Å². The van der Waals surface area contributed by atoms with E-state index in [9.17, 15) is 4.79 Å². The van der Waals surface area contributed by atoms with Gasteiger partial charge in [0, 0.05) is 26.7 Å². The van der Waals surface area contributed by atoms with Crippen LogP contribution < -0.4 is 9.64 Å². The molecular weight excluding hydrogens is 258 g/mol. The molecule has 0 bridgehead atoms. The van der Waals surface area contributed by atoms with Gasteiger partial charge >= 0.3 is 0 Å². The lowest BCUT2D eigenvalue weighted by molar-refractivity contribution is -0.118. The van der Waals surface area contributed by atoms with Crippen LogP contribution in [0.25, 0.3) is 0 Å². The molecule has 2 heterocycles. The summed E-state index contributed by atoms with van der Waals surface area (Å²) < 4.78 is 10.3. The van der Waals surface area contributed by atoms with Crippen LogP contribution >= 0.6 is 0 Å². The predicted octanol–water partition coefficient (Wildman–Crippen LogP) is 1.65. The van der Waals surface area contributed by atoms with Gasteiger partial charge in [-0.1, -0.05) is 0 Å². The number of nitrogens with zero attached hydrogens (tertiary/aromatic N) is 3. The van der Waals surface area contributed by atoms with Gasteiger partial charge in [-0.3, -0.25) is 9.69 Å². The number of anilines is 1. The van der Waals surface area contributed by atoms with Crippen molar-refractivity contribution in [3.8, 4) is 5.75 Å². The van der Waals surface area contributed by atoms with Gasteiger partial charge in [0.2, 0.25) is 11.9 Å². The number of methoxy groups -OCH3 is 1. The van der Waals surface area contributed by atoms with Crippen molar-refractivity contribution in [2.45, 2.75) is 25.7 Å². The Bertz CT molecular complexity index is 430. The molecule has 0 aromatic carbocycles. The number of amides is 1. The highest BCUT2D eigenvalue weighted by Crippen LogP contribution is 2.21. The van der Waals surface area contributed by atoms with E-state index in [-0.39, 0.29) is 5.91 Å². The van der Waals surface area contributed by atoms with Crippen LogP contribution in [0.2, 0.25) is 0 Å². The number of hydrogen-bond donors (Lipinski definition) is 0. The van der Waals surface area contributed by atoms with Crippen LogP contribution in [0.5, 0.6) is 5.75 Å². The molecule has 1 aliphatic heterocycles. The molecule has 1 aliphatic rings. The van der Waals surface area contributed by atoms with Crippen molar-refractivity contribution in [1.29, 1.82) is 0 Å². The first kappa shape index (κ1) is 14.7. The molecule has 0 saturated carbocycles. The van der Waals surface area contributed by atoms with Crippen LogP contribution in [0.15, 0.2) is 12.4 Å². The molecule has 0 radical (unpaired) electrons. The molecule has 6 nitrogen and oxygen atoms in total. The number of rotatable bonds is 5. The third-order valence-electron chi connectivity index (χ3n) is 3.63. The second kappa shape index (κ2) is 7.19. The van der Waals surface area contributed by atoms with Crippen molar-refractivity contribution in [3.63, 3.8) is 0 Å². The van der Waals surface area contributed by atoms with Gasteiger partial charge in [0.15, 0.2) is 5.75 Å². The second-order valence-corrected chi connectivity index (χ2v) is 4.97. The molecule has 0 spiro atoms. The Balaban J connectivity index is 1.83. The van der Waals surface area contributed by atoms with E-state index in [1.54, 1.807) is 26.6 Å². The van der Waals surface area contributed by atoms with Crippen molar-refractivity contribution in [2.75, 3.05) is 32.3 Å². The third-order valence-corrected chi connectivity index (χ3v) is 3.63. The Labute approximate surface area is 119 Å². The minimum atomic E-state index is 0.0432. The van der Waals surface area contributed by atoms with Gasteiger partial charge in [-0.2, -0.15) is 0 Å². The summed E-state index contributed by atoms with van der Waals surface area (Å²) in [5.74, 6) is 1.62. The lowest BCUT2D eigenvalue weighted by Crippen LogP contribution is -2.28. The monoisotopic (exact) mass is 279 g/mol. The van der Waals surface area contributed by atoms with Crippen LogP contribution in [-0.2, 0) is 9.53 Å². The average Bonchev–Trinajstić information content (AvgIpc) is 2.53. The predicted molar refractivity (Wildman–Crippen MR) is 74.8 cm³/mol. The number of ether oxygens (including phenoxy) is 2. The van der Waals surface area contributed by atoms with Crippen LogP contribution in [-0.4, -0.2) is 43.2 Å². The van der Waals surface area contributed by atoms with Crippen molar-refractivity contribution in [3.05, 3.63) is 12.4 Å². The van der Waals surface area contributed by atoms with E-state index in [0.29, 0.717) is 24.0 Å². The van der Waals surface area contributed by atoms with Gasteiger partial charge in [-0.15, -0.1) is 0 Å². The number of carbonyl (C=O) groups is 1. The summed E-state index contributed by atoms with van der Waals surface area (Å²) in [6, 6.07) is 0. The van der Waals surface area contributed by atoms with E-state index in [1.165, 1.54) is 4.90 Å². The minimum absolute atomic E-state index is 0.0432. The summed E-state index contributed by atoms with van der Waals surface area (Å²) in [6.45, 7) is 1.63. The number of hydrogen-bond acceptors (Lipinski definition) is 5. The molecule has 1 fully saturated rings. The fourth-order valence-electron chi connectivity index (χ4n) is 2.23. The summed E-state index contributed by atoms with van der Waals surface area (Å²) in [6.07, 6.45) is 6.65. The molecular formula is C14H21N3O3. The van der Waals surface area contributed by atoms with E-state index < -0.39 is 0 Å². The van der Waals surface area contributed by atoms with Gasteiger partial charge in [0.05, 0.1) is 19.5 Å². The number of carbonyl (C=O) groups excluding carboxylic acids is 1. The molecule has 20 heavy (non-hydrogen) atoms. The van der Waals surface area contributed by atoms with Gasteiger partial charge in [-0.05, 0) is 25.2 Å². The zero-order valence-electron chi connectivity index (χ0n) is 12.0. The molecule has 1 aromatic heterocycles. The first-order valence-corrected chi connectivity index (χ1v) is 6.91. The SMILES string of the molecule is COc1cnc(N(C)C(=O)CCC2CCOCC2)nc1. The maximum Gasteiger partial charge on any atom is 0.232 e. The molecule has 1 saturated heterocycles. The van der Waals surface area contributed by atoms with Crippen LogP contribution in [0.3, 0.4) is 0 Å². The zero-order chi connectivity index (χ0) is 14.4. The normalized spacial score (nSPS) is 15.9. The second-order valence-electron chi connectivity index (χ2n) is 4.97. The number of aromatic nitrogens is 2. The Morgan fingerprint density at radius 1 is 1.40 bits per heavy atom. The van der Waals surface area contributed by atoms with Crippen molar-refractivity contribution in [2.24, 2.45) is 5.92 Å². The maximum absolute atomic E-state index is 12.1. The molecule has 2 rings (SSSR count). The quantitative estimate of drug-likeness (QED) is 0.820. The van der Waals surface area contributed by atoms with Crippen LogP contribution in [0, 0.1) is 5.92 Å². The summed E-state index contributed by atoms with van der Waals surface area (Å²) in [7, 11) is 3.26. The van der Waals surface area contributed by atoms with Gasteiger partial charge in [0.25, 0.3) is 0 Å². The highest BCUT2D eigenvalue weighted by Gasteiger charge is 2.18. The first-order chi connectivity index (χ1) is 9.70. The first-order valence-electron chi connectivity index (χ1n) is 6.91. The van der Waals surface area contributed by atoms with E-state index in [1.807, 2.05) is 0 Å². The van der Waals surface area contributed by atoms with E-state index in [2.05, 4.69) is 9.97 Å². The largest absolute Gasteiger partial charge is 0.494 e. The van der Waals surface area contributed by atoms with E-state index in [4.69, 9.17) is 9.47 Å². The lowest BCUT2D eigenvalue weighted by atomic mass is 9.95. The zero-order valence-corrected chi connectivity index (χ0v) is 12.0. The van der Waals surface area contributed by atoms with E-state index in [0.717, 1.165) is 32.5 Å². The molecule has 1 amide bonds. The smallest absolute Gasteiger partial charge is 0.232 e. The van der Waals surface area contributed by atoms with Crippen molar-refractivity contribution < 1.29 is 14.3 Å². The highest BCUT2D eigenvalue weighted by atomic mass is 16.5. The summed E-state index contributed by atoms with van der Waals surface area (Å²) >= 11 is 0. The van der Waals surface area contributed by atoms with Gasteiger partial charge in [0.1, 0.15) is 0 Å². The Kier molecular flexibility index (Phi) is 5.29. The fourth-order valence-corrected chi connectivity index (χ4v) is 2.23. The van der Waals surface area contributed by atoms with E-state index >= 15 is 0 Å². The highest BCUT2D eigenvalue weighted by molar-refractivity contribution is 5.90. The van der Waals surface area contributed by atoms with Crippen LogP contribution in [0.4, 0.5) is 5.95 Å². The molecule has 110 valence electrons. The van der Waals surface area contributed by atoms with Gasteiger partial charge in [-0.25, -0.2) is 9.97 Å². The van der Waals surface area contributed by atoms with Crippen LogP contribution in [0.1, 0.15) is 25.7 Å². The third kappa shape index (κ3) is 3.90. The Morgan fingerprint density at radius 3 is 2.65 bits per heavy atom. The van der Waals surface area contributed by atoms with Crippen molar-refractivity contribution >= 4 is 11.9 Å².